The molecule has 90 valence electrons. The quantitative estimate of drug-likeness (QED) is 0.718. The van der Waals surface area contributed by atoms with Crippen molar-refractivity contribution in [2.45, 2.75) is 13.2 Å². The molecule has 0 spiro atoms. The third kappa shape index (κ3) is 2.85. The fraction of sp³-hybridized carbons (Fsp3) is 0.455. The molecule has 2 N–H and O–H groups in total. The molecule has 0 aliphatic carbocycles. The molecule has 0 fully saturated rings. The van der Waals surface area contributed by atoms with Crippen molar-refractivity contribution >= 4 is 0 Å². The zero-order chi connectivity index (χ0) is 12.0. The molecule has 0 bridgehead atoms. The average molecular weight is 227 g/mol. The molecule has 0 saturated carbocycles. The molecule has 0 radical (unpaired) electrons. The molecule has 0 aliphatic rings. The molecule has 0 heterocycles. The number of hydrogen-bond donors (Lipinski definition) is 2. The first-order valence-corrected chi connectivity index (χ1v) is 4.86. The first kappa shape index (κ1) is 12.8. The molecule has 0 unspecified atom stereocenters. The molecule has 0 atom stereocenters. The standard InChI is InChI=1S/C11H17NO4/c1-14-7-9-5-11(16-3)10(15-2)4-8(9)6-12-13/h4-5,12-13H,6-7H2,1-3H3. The van der Waals surface area contributed by atoms with Gasteiger partial charge in [-0.05, 0) is 23.3 Å². The summed E-state index contributed by atoms with van der Waals surface area (Å²) in [4.78, 5) is 0. The van der Waals surface area contributed by atoms with Gasteiger partial charge in [0, 0.05) is 13.7 Å². The van der Waals surface area contributed by atoms with Crippen molar-refractivity contribution in [3.8, 4) is 11.5 Å². The molecule has 1 rings (SSSR count). The van der Waals surface area contributed by atoms with Gasteiger partial charge in [0.15, 0.2) is 11.5 Å². The Balaban J connectivity index is 3.12. The maximum atomic E-state index is 8.74. The Bertz CT molecular complexity index is 308. The van der Waals surface area contributed by atoms with Crippen molar-refractivity contribution in [2.24, 2.45) is 0 Å². The number of benzene rings is 1. The van der Waals surface area contributed by atoms with Crippen LogP contribution in [0.15, 0.2) is 12.1 Å². The van der Waals surface area contributed by atoms with E-state index < -0.39 is 0 Å². The van der Waals surface area contributed by atoms with Crippen LogP contribution in [0.1, 0.15) is 11.1 Å². The highest BCUT2D eigenvalue weighted by Gasteiger charge is 2.10. The van der Waals surface area contributed by atoms with Gasteiger partial charge >= 0.3 is 0 Å². The van der Waals surface area contributed by atoms with Crippen LogP contribution >= 0.6 is 0 Å². The predicted molar refractivity (Wildman–Crippen MR) is 58.9 cm³/mol. The average Bonchev–Trinajstić information content (AvgIpc) is 2.31. The Labute approximate surface area is 94.9 Å². The highest BCUT2D eigenvalue weighted by Crippen LogP contribution is 2.30. The predicted octanol–water partition coefficient (Wildman–Crippen LogP) is 1.33. The lowest BCUT2D eigenvalue weighted by Crippen LogP contribution is -2.09. The van der Waals surface area contributed by atoms with Crippen LogP contribution in [0.4, 0.5) is 0 Å². The zero-order valence-electron chi connectivity index (χ0n) is 9.74. The summed E-state index contributed by atoms with van der Waals surface area (Å²) in [5.41, 5.74) is 3.97. The molecule has 1 aromatic carbocycles. The lowest BCUT2D eigenvalue weighted by Gasteiger charge is -2.14. The van der Waals surface area contributed by atoms with Crippen molar-refractivity contribution in [1.29, 1.82) is 0 Å². The number of methoxy groups -OCH3 is 3. The molecule has 1 aromatic rings. The minimum atomic E-state index is 0.332. The SMILES string of the molecule is COCc1cc(OC)c(OC)cc1CNO. The summed E-state index contributed by atoms with van der Waals surface area (Å²) in [6, 6.07) is 3.66. The van der Waals surface area contributed by atoms with Crippen molar-refractivity contribution < 1.29 is 19.4 Å². The van der Waals surface area contributed by atoms with Crippen molar-refractivity contribution in [3.05, 3.63) is 23.3 Å². The second kappa shape index (κ2) is 6.32. The minimum Gasteiger partial charge on any atom is -0.493 e. The molecule has 0 aliphatic heterocycles. The van der Waals surface area contributed by atoms with Crippen LogP contribution < -0.4 is 15.0 Å². The Hall–Kier alpha value is -1.30. The maximum absolute atomic E-state index is 8.74. The molecule has 5 nitrogen and oxygen atoms in total. The van der Waals surface area contributed by atoms with E-state index in [1.165, 1.54) is 0 Å². The van der Waals surface area contributed by atoms with Gasteiger partial charge in [-0.25, -0.2) is 5.48 Å². The van der Waals surface area contributed by atoms with E-state index in [4.69, 9.17) is 19.4 Å². The summed E-state index contributed by atoms with van der Waals surface area (Å²) in [6.07, 6.45) is 0. The van der Waals surface area contributed by atoms with Crippen LogP contribution in [0.2, 0.25) is 0 Å². The van der Waals surface area contributed by atoms with Crippen molar-refractivity contribution in [3.63, 3.8) is 0 Å². The van der Waals surface area contributed by atoms with Crippen LogP contribution in [0.3, 0.4) is 0 Å². The third-order valence-corrected chi connectivity index (χ3v) is 2.28. The number of ether oxygens (including phenoxy) is 3. The second-order valence-corrected chi connectivity index (χ2v) is 3.24. The van der Waals surface area contributed by atoms with Gasteiger partial charge in [-0.15, -0.1) is 0 Å². The molecule has 16 heavy (non-hydrogen) atoms. The van der Waals surface area contributed by atoms with E-state index in [-0.39, 0.29) is 0 Å². The van der Waals surface area contributed by atoms with E-state index in [9.17, 15) is 0 Å². The van der Waals surface area contributed by atoms with E-state index in [1.807, 2.05) is 12.1 Å². The van der Waals surface area contributed by atoms with E-state index in [2.05, 4.69) is 5.48 Å². The molecule has 0 amide bonds. The first-order valence-electron chi connectivity index (χ1n) is 4.86. The van der Waals surface area contributed by atoms with Crippen LogP contribution in [0, 0.1) is 0 Å². The lowest BCUT2D eigenvalue weighted by molar-refractivity contribution is 0.157. The topological polar surface area (TPSA) is 60.0 Å². The van der Waals surface area contributed by atoms with Gasteiger partial charge < -0.3 is 19.4 Å². The Morgan fingerprint density at radius 2 is 1.62 bits per heavy atom. The molecule has 5 heteroatoms. The third-order valence-electron chi connectivity index (χ3n) is 2.28. The van der Waals surface area contributed by atoms with Gasteiger partial charge in [-0.3, -0.25) is 0 Å². The number of rotatable bonds is 6. The van der Waals surface area contributed by atoms with Gasteiger partial charge in [-0.1, -0.05) is 0 Å². The highest BCUT2D eigenvalue weighted by molar-refractivity contribution is 5.47. The largest absolute Gasteiger partial charge is 0.493 e. The molecular weight excluding hydrogens is 210 g/mol. The van der Waals surface area contributed by atoms with Gasteiger partial charge in [0.05, 0.1) is 20.8 Å². The van der Waals surface area contributed by atoms with E-state index >= 15 is 0 Å². The summed E-state index contributed by atoms with van der Waals surface area (Å²) >= 11 is 0. The molecule has 0 saturated heterocycles. The fourth-order valence-corrected chi connectivity index (χ4v) is 1.50. The minimum absolute atomic E-state index is 0.332. The number of nitrogens with one attached hydrogen (secondary N) is 1. The molecule has 0 aromatic heterocycles. The fourth-order valence-electron chi connectivity index (χ4n) is 1.50. The number of hydrogen-bond acceptors (Lipinski definition) is 5. The Morgan fingerprint density at radius 1 is 1.06 bits per heavy atom. The van der Waals surface area contributed by atoms with E-state index in [0.717, 1.165) is 11.1 Å². The zero-order valence-corrected chi connectivity index (χ0v) is 9.74. The van der Waals surface area contributed by atoms with Gasteiger partial charge in [0.2, 0.25) is 0 Å². The monoisotopic (exact) mass is 227 g/mol. The van der Waals surface area contributed by atoms with Gasteiger partial charge in [-0.2, -0.15) is 0 Å². The van der Waals surface area contributed by atoms with Gasteiger partial charge in [0.25, 0.3) is 0 Å². The molecular formula is C11H17NO4. The van der Waals surface area contributed by atoms with Crippen molar-refractivity contribution in [1.82, 2.24) is 5.48 Å². The van der Waals surface area contributed by atoms with Crippen LogP contribution in [-0.2, 0) is 17.9 Å². The smallest absolute Gasteiger partial charge is 0.161 e. The summed E-state index contributed by atoms with van der Waals surface area (Å²) in [7, 11) is 4.77. The van der Waals surface area contributed by atoms with Crippen LogP contribution in [0.5, 0.6) is 11.5 Å². The maximum Gasteiger partial charge on any atom is 0.161 e. The first-order chi connectivity index (χ1) is 7.76. The summed E-state index contributed by atoms with van der Waals surface area (Å²) < 4.78 is 15.5. The Morgan fingerprint density at radius 3 is 2.06 bits per heavy atom. The van der Waals surface area contributed by atoms with E-state index in [0.29, 0.717) is 24.7 Å². The summed E-state index contributed by atoms with van der Waals surface area (Å²) in [5.74, 6) is 1.28. The van der Waals surface area contributed by atoms with Gasteiger partial charge in [0.1, 0.15) is 0 Å². The lowest BCUT2D eigenvalue weighted by atomic mass is 10.1. The van der Waals surface area contributed by atoms with Crippen molar-refractivity contribution in [2.75, 3.05) is 21.3 Å². The normalized spacial score (nSPS) is 10.2. The highest BCUT2D eigenvalue weighted by atomic mass is 16.5. The summed E-state index contributed by atoms with van der Waals surface area (Å²) in [5, 5.41) is 8.74. The van der Waals surface area contributed by atoms with Crippen LogP contribution in [0.25, 0.3) is 0 Å². The van der Waals surface area contributed by atoms with Crippen LogP contribution in [-0.4, -0.2) is 26.5 Å². The Kier molecular flexibility index (Phi) is 5.04. The van der Waals surface area contributed by atoms with E-state index in [1.54, 1.807) is 21.3 Å². The second-order valence-electron chi connectivity index (χ2n) is 3.24. The summed E-state index contributed by atoms with van der Waals surface area (Å²) in [6.45, 7) is 0.788. The number of hydroxylamine groups is 1.